The molecule has 0 bridgehead atoms. The second-order valence-electron chi connectivity index (χ2n) is 5.93. The van der Waals surface area contributed by atoms with Crippen molar-refractivity contribution in [2.75, 3.05) is 13.7 Å². The first-order valence-corrected chi connectivity index (χ1v) is 7.57. The molecule has 0 spiro atoms. The zero-order valence-corrected chi connectivity index (χ0v) is 13.7. The highest BCUT2D eigenvalue weighted by Gasteiger charge is 2.36. The van der Waals surface area contributed by atoms with E-state index in [1.165, 1.54) is 7.11 Å². The average Bonchev–Trinajstić information content (AvgIpc) is 2.60. The first-order valence-electron chi connectivity index (χ1n) is 7.57. The minimum atomic E-state index is -1.15. The molecule has 0 heterocycles. The van der Waals surface area contributed by atoms with Crippen LogP contribution in [0.2, 0.25) is 0 Å². The number of nitrogens with one attached hydrogen (secondary N) is 1. The number of carbonyl (C=O) groups is 1. The Kier molecular flexibility index (Phi) is 5.19. The molecule has 4 nitrogen and oxygen atoms in total. The first-order chi connectivity index (χ1) is 10.9. The molecule has 0 aliphatic heterocycles. The van der Waals surface area contributed by atoms with Gasteiger partial charge in [-0.1, -0.05) is 60.7 Å². The molecule has 0 aliphatic carbocycles. The van der Waals surface area contributed by atoms with Crippen molar-refractivity contribution in [2.45, 2.75) is 25.0 Å². The van der Waals surface area contributed by atoms with E-state index in [2.05, 4.69) is 5.32 Å². The van der Waals surface area contributed by atoms with Gasteiger partial charge in [-0.05, 0) is 25.0 Å². The number of hydrogen-bond donors (Lipinski definition) is 2. The molecule has 2 atom stereocenters. The maximum Gasteiger partial charge on any atom is 0.256 e. The molecule has 0 fully saturated rings. The van der Waals surface area contributed by atoms with Gasteiger partial charge in [0, 0.05) is 7.11 Å². The van der Waals surface area contributed by atoms with Gasteiger partial charge in [0.15, 0.2) is 5.60 Å². The normalized spacial score (nSPS) is 16.2. The molecule has 122 valence electrons. The molecule has 0 unspecified atom stereocenters. The van der Waals surface area contributed by atoms with Gasteiger partial charge in [-0.25, -0.2) is 0 Å². The molecule has 23 heavy (non-hydrogen) atoms. The molecule has 4 heteroatoms. The van der Waals surface area contributed by atoms with Crippen molar-refractivity contribution < 1.29 is 14.6 Å². The van der Waals surface area contributed by atoms with Gasteiger partial charge >= 0.3 is 0 Å². The fraction of sp³-hybridized carbons (Fsp3) is 0.316. The minimum absolute atomic E-state index is 0.0988. The molecule has 0 saturated carbocycles. The molecule has 0 aliphatic rings. The fourth-order valence-electron chi connectivity index (χ4n) is 2.42. The van der Waals surface area contributed by atoms with E-state index < -0.39 is 11.2 Å². The molecular weight excluding hydrogens is 290 g/mol. The number of carbonyl (C=O) groups excluding carboxylic acids is 1. The topological polar surface area (TPSA) is 58.6 Å². The SMILES string of the molecule is CO[C@](C)(C(=O)NC[C@](C)(O)c1ccccc1)c1ccccc1. The zero-order chi connectivity index (χ0) is 16.9. The number of methoxy groups -OCH3 is 1. The lowest BCUT2D eigenvalue weighted by molar-refractivity contribution is -0.143. The van der Waals surface area contributed by atoms with Crippen LogP contribution in [0.1, 0.15) is 25.0 Å². The maximum atomic E-state index is 12.6. The third-order valence-corrected chi connectivity index (χ3v) is 4.16. The van der Waals surface area contributed by atoms with Gasteiger partial charge in [-0.3, -0.25) is 4.79 Å². The van der Waals surface area contributed by atoms with Gasteiger partial charge in [0.1, 0.15) is 5.60 Å². The summed E-state index contributed by atoms with van der Waals surface area (Å²) in [4.78, 5) is 12.6. The van der Waals surface area contributed by atoms with Crippen LogP contribution in [0.5, 0.6) is 0 Å². The van der Waals surface area contributed by atoms with Crippen LogP contribution in [0, 0.1) is 0 Å². The van der Waals surface area contributed by atoms with Gasteiger partial charge in [0.05, 0.1) is 6.54 Å². The lowest BCUT2D eigenvalue weighted by Gasteiger charge is -2.30. The Bertz CT molecular complexity index is 640. The molecule has 0 radical (unpaired) electrons. The summed E-state index contributed by atoms with van der Waals surface area (Å²) in [5.74, 6) is -0.289. The Morgan fingerprint density at radius 2 is 1.48 bits per heavy atom. The van der Waals surface area contributed by atoms with Crippen molar-refractivity contribution in [1.29, 1.82) is 0 Å². The van der Waals surface area contributed by atoms with Crippen LogP contribution in [0.25, 0.3) is 0 Å². The van der Waals surface area contributed by atoms with E-state index in [1.807, 2.05) is 60.7 Å². The van der Waals surface area contributed by atoms with Crippen LogP contribution in [-0.2, 0) is 20.7 Å². The van der Waals surface area contributed by atoms with Crippen LogP contribution in [0.4, 0.5) is 0 Å². The van der Waals surface area contributed by atoms with Gasteiger partial charge in [-0.15, -0.1) is 0 Å². The number of amides is 1. The second-order valence-corrected chi connectivity index (χ2v) is 5.93. The Morgan fingerprint density at radius 1 is 1.00 bits per heavy atom. The van der Waals surface area contributed by atoms with E-state index in [1.54, 1.807) is 13.8 Å². The molecular formula is C19H23NO3. The van der Waals surface area contributed by atoms with Crippen LogP contribution in [0.3, 0.4) is 0 Å². The van der Waals surface area contributed by atoms with E-state index in [-0.39, 0.29) is 12.5 Å². The lowest BCUT2D eigenvalue weighted by Crippen LogP contribution is -2.48. The Morgan fingerprint density at radius 3 is 1.96 bits per heavy atom. The predicted molar refractivity (Wildman–Crippen MR) is 89.8 cm³/mol. The van der Waals surface area contributed by atoms with Crippen LogP contribution >= 0.6 is 0 Å². The lowest BCUT2D eigenvalue weighted by atomic mass is 9.93. The minimum Gasteiger partial charge on any atom is -0.384 e. The van der Waals surface area contributed by atoms with Gasteiger partial charge < -0.3 is 15.2 Å². The average molecular weight is 313 g/mol. The summed E-state index contributed by atoms with van der Waals surface area (Å²) in [6.07, 6.45) is 0. The maximum absolute atomic E-state index is 12.6. The molecule has 2 rings (SSSR count). The van der Waals surface area contributed by atoms with Crippen molar-refractivity contribution in [2.24, 2.45) is 0 Å². The highest BCUT2D eigenvalue weighted by Crippen LogP contribution is 2.25. The summed E-state index contributed by atoms with van der Waals surface area (Å²) < 4.78 is 5.46. The quantitative estimate of drug-likeness (QED) is 0.862. The Balaban J connectivity index is 2.12. The van der Waals surface area contributed by atoms with E-state index in [9.17, 15) is 9.90 Å². The van der Waals surface area contributed by atoms with Crippen LogP contribution in [0.15, 0.2) is 60.7 Å². The van der Waals surface area contributed by atoms with Crippen molar-refractivity contribution in [3.8, 4) is 0 Å². The largest absolute Gasteiger partial charge is 0.384 e. The summed E-state index contributed by atoms with van der Waals surface area (Å²) in [6.45, 7) is 3.49. The van der Waals surface area contributed by atoms with Crippen LogP contribution < -0.4 is 5.32 Å². The van der Waals surface area contributed by atoms with Crippen molar-refractivity contribution >= 4 is 5.91 Å². The smallest absolute Gasteiger partial charge is 0.256 e. The number of hydrogen-bond acceptors (Lipinski definition) is 3. The summed E-state index contributed by atoms with van der Waals surface area (Å²) in [7, 11) is 1.50. The third-order valence-electron chi connectivity index (χ3n) is 4.16. The van der Waals surface area contributed by atoms with Gasteiger partial charge in [0.25, 0.3) is 5.91 Å². The molecule has 2 N–H and O–H groups in total. The van der Waals surface area contributed by atoms with Crippen molar-refractivity contribution in [3.05, 3.63) is 71.8 Å². The fourth-order valence-corrected chi connectivity index (χ4v) is 2.42. The third kappa shape index (κ3) is 3.78. The van der Waals surface area contributed by atoms with E-state index in [4.69, 9.17) is 4.74 Å². The van der Waals surface area contributed by atoms with Crippen molar-refractivity contribution in [1.82, 2.24) is 5.32 Å². The van der Waals surface area contributed by atoms with Crippen LogP contribution in [-0.4, -0.2) is 24.7 Å². The molecule has 0 saturated heterocycles. The van der Waals surface area contributed by atoms with Gasteiger partial charge in [0.2, 0.25) is 0 Å². The molecule has 2 aromatic rings. The Hall–Kier alpha value is -2.17. The number of aliphatic hydroxyl groups is 1. The number of ether oxygens (including phenoxy) is 1. The molecule has 1 amide bonds. The monoisotopic (exact) mass is 313 g/mol. The van der Waals surface area contributed by atoms with E-state index in [0.29, 0.717) is 0 Å². The number of benzene rings is 2. The second kappa shape index (κ2) is 6.94. The summed E-state index contributed by atoms with van der Waals surface area (Å²) in [5.41, 5.74) is -0.741. The molecule has 0 aromatic heterocycles. The highest BCUT2D eigenvalue weighted by atomic mass is 16.5. The van der Waals surface area contributed by atoms with Gasteiger partial charge in [-0.2, -0.15) is 0 Å². The summed E-state index contributed by atoms with van der Waals surface area (Å²) in [6, 6.07) is 18.6. The standard InChI is InChI=1S/C19H23NO3/c1-18(22,15-10-6-4-7-11-15)14-20-17(21)19(2,23-3)16-12-8-5-9-13-16/h4-13,22H,14H2,1-3H3,(H,20,21)/t18-,19-/m0/s1. The highest BCUT2D eigenvalue weighted by molar-refractivity contribution is 5.86. The van der Waals surface area contributed by atoms with E-state index >= 15 is 0 Å². The first kappa shape index (κ1) is 17.2. The zero-order valence-electron chi connectivity index (χ0n) is 13.7. The number of rotatable bonds is 6. The summed E-state index contributed by atoms with van der Waals surface area (Å²) in [5, 5.41) is 13.4. The Labute approximate surface area is 137 Å². The molecule has 2 aromatic carbocycles. The van der Waals surface area contributed by atoms with Crippen molar-refractivity contribution in [3.63, 3.8) is 0 Å². The summed E-state index contributed by atoms with van der Waals surface area (Å²) >= 11 is 0. The van der Waals surface area contributed by atoms with E-state index in [0.717, 1.165) is 11.1 Å². The predicted octanol–water partition coefficient (Wildman–Crippen LogP) is 2.57.